The van der Waals surface area contributed by atoms with Gasteiger partial charge in [-0.05, 0) is 36.1 Å². The molecular formula is C20H30Cl2FN3O3. The molecular weight excluding hydrogens is 420 g/mol. The van der Waals surface area contributed by atoms with Gasteiger partial charge in [-0.3, -0.25) is 14.1 Å². The summed E-state index contributed by atoms with van der Waals surface area (Å²) in [6.07, 6.45) is 2.01. The summed E-state index contributed by atoms with van der Waals surface area (Å²) in [4.78, 5) is 16.6. The number of carbonyl (C=O) groups is 1. The van der Waals surface area contributed by atoms with Crippen molar-refractivity contribution in [3.8, 4) is 11.5 Å². The van der Waals surface area contributed by atoms with Crippen LogP contribution in [0.15, 0.2) is 12.1 Å². The summed E-state index contributed by atoms with van der Waals surface area (Å²) in [6, 6.07) is 4.20. The first-order valence-electron chi connectivity index (χ1n) is 9.65. The molecule has 0 unspecified atom stereocenters. The number of ether oxygens (including phenoxy) is 2. The number of rotatable bonds is 4. The molecule has 1 amide bonds. The van der Waals surface area contributed by atoms with Crippen molar-refractivity contribution < 1.29 is 18.7 Å². The van der Waals surface area contributed by atoms with Gasteiger partial charge in [-0.25, -0.2) is 0 Å². The minimum absolute atomic E-state index is 0. The lowest BCUT2D eigenvalue weighted by Crippen LogP contribution is -2.60. The van der Waals surface area contributed by atoms with Crippen LogP contribution in [-0.2, 0) is 11.2 Å². The van der Waals surface area contributed by atoms with Crippen molar-refractivity contribution in [2.45, 2.75) is 37.4 Å². The van der Waals surface area contributed by atoms with Crippen LogP contribution in [0.1, 0.15) is 30.0 Å². The topological polar surface area (TPSA) is 68.0 Å². The second-order valence-corrected chi connectivity index (χ2v) is 7.90. The predicted octanol–water partition coefficient (Wildman–Crippen LogP) is 2.36. The summed E-state index contributed by atoms with van der Waals surface area (Å²) in [5, 5.41) is 0. The molecule has 3 heterocycles. The van der Waals surface area contributed by atoms with E-state index in [1.54, 1.807) is 14.2 Å². The molecule has 9 heteroatoms. The van der Waals surface area contributed by atoms with Crippen molar-refractivity contribution in [2.24, 2.45) is 11.7 Å². The Balaban J connectivity index is 0.00000150. The van der Waals surface area contributed by atoms with Crippen LogP contribution in [0.3, 0.4) is 0 Å². The van der Waals surface area contributed by atoms with Crippen LogP contribution in [0.4, 0.5) is 4.39 Å². The first-order valence-corrected chi connectivity index (χ1v) is 9.65. The van der Waals surface area contributed by atoms with E-state index in [2.05, 4.69) is 17.0 Å². The van der Waals surface area contributed by atoms with E-state index >= 15 is 0 Å². The van der Waals surface area contributed by atoms with E-state index in [1.165, 1.54) is 11.1 Å². The highest BCUT2D eigenvalue weighted by Gasteiger charge is 2.44. The van der Waals surface area contributed by atoms with Crippen LogP contribution >= 0.6 is 24.8 Å². The lowest BCUT2D eigenvalue weighted by molar-refractivity contribution is -0.131. The molecule has 4 atom stereocenters. The van der Waals surface area contributed by atoms with E-state index in [1.807, 2.05) is 4.90 Å². The third-order valence-electron chi connectivity index (χ3n) is 6.38. The van der Waals surface area contributed by atoms with Gasteiger partial charge in [0.25, 0.3) is 0 Å². The number of nitrogens with two attached hydrogens (primary N) is 1. The zero-order valence-corrected chi connectivity index (χ0v) is 18.4. The van der Waals surface area contributed by atoms with Gasteiger partial charge in [0.1, 0.15) is 0 Å². The van der Waals surface area contributed by atoms with E-state index in [0.29, 0.717) is 13.0 Å². The molecule has 0 saturated carbocycles. The van der Waals surface area contributed by atoms with Crippen molar-refractivity contribution in [3.63, 3.8) is 0 Å². The fraction of sp³-hybridized carbons (Fsp3) is 0.650. The Kier molecular flexibility index (Phi) is 8.01. The Morgan fingerprint density at radius 3 is 2.48 bits per heavy atom. The molecule has 3 aliphatic heterocycles. The molecule has 1 aromatic rings. The van der Waals surface area contributed by atoms with Crippen LogP contribution < -0.4 is 15.2 Å². The Hall–Kier alpha value is -1.28. The quantitative estimate of drug-likeness (QED) is 0.763. The summed E-state index contributed by atoms with van der Waals surface area (Å²) in [5.41, 5.74) is 9.04. The number of amides is 1. The maximum absolute atomic E-state index is 13.0. The molecule has 0 aliphatic carbocycles. The van der Waals surface area contributed by atoms with Gasteiger partial charge in [0.05, 0.1) is 26.9 Å². The molecule has 2 fully saturated rings. The first-order chi connectivity index (χ1) is 13.0. The number of carbonyl (C=O) groups excluding carboxylic acids is 1. The Morgan fingerprint density at radius 2 is 1.86 bits per heavy atom. The molecule has 2 N–H and O–H groups in total. The number of alkyl halides is 1. The number of halogens is 3. The average molecular weight is 450 g/mol. The number of fused-ring (bicyclic) bond motifs is 3. The summed E-state index contributed by atoms with van der Waals surface area (Å²) >= 11 is 0. The molecule has 3 aliphatic rings. The highest BCUT2D eigenvalue weighted by Crippen LogP contribution is 2.42. The van der Waals surface area contributed by atoms with Gasteiger partial charge >= 0.3 is 0 Å². The molecule has 29 heavy (non-hydrogen) atoms. The minimum Gasteiger partial charge on any atom is -0.493 e. The van der Waals surface area contributed by atoms with E-state index in [0.717, 1.165) is 37.4 Å². The van der Waals surface area contributed by atoms with Gasteiger partial charge in [0.2, 0.25) is 5.91 Å². The summed E-state index contributed by atoms with van der Waals surface area (Å²) in [6.45, 7) is 1.72. The Morgan fingerprint density at radius 1 is 1.17 bits per heavy atom. The van der Waals surface area contributed by atoms with Crippen molar-refractivity contribution in [3.05, 3.63) is 23.3 Å². The van der Waals surface area contributed by atoms with E-state index in [9.17, 15) is 9.18 Å². The number of benzene rings is 1. The molecule has 1 aromatic carbocycles. The van der Waals surface area contributed by atoms with Crippen LogP contribution in [0, 0.1) is 5.92 Å². The van der Waals surface area contributed by atoms with Crippen molar-refractivity contribution in [1.29, 1.82) is 0 Å². The monoisotopic (exact) mass is 449 g/mol. The fourth-order valence-corrected chi connectivity index (χ4v) is 4.93. The van der Waals surface area contributed by atoms with Crippen molar-refractivity contribution in [2.75, 3.05) is 40.5 Å². The van der Waals surface area contributed by atoms with Crippen LogP contribution in [0.25, 0.3) is 0 Å². The van der Waals surface area contributed by atoms with E-state index in [4.69, 9.17) is 15.2 Å². The minimum atomic E-state index is -0.439. The summed E-state index contributed by atoms with van der Waals surface area (Å²) in [5.74, 6) is 1.35. The molecule has 164 valence electrons. The molecule has 0 aromatic heterocycles. The molecule has 0 spiro atoms. The van der Waals surface area contributed by atoms with Gasteiger partial charge in [0.15, 0.2) is 11.5 Å². The van der Waals surface area contributed by atoms with Crippen LogP contribution in [-0.4, -0.2) is 68.3 Å². The molecule has 6 nitrogen and oxygen atoms in total. The maximum atomic E-state index is 13.0. The third-order valence-corrected chi connectivity index (χ3v) is 6.38. The SMILES string of the molecule is COc1cc2c(cc1OC)[C@@H]1C[C@H](N)[C@@H](N3C[C@@H](CF)CC3=O)CN1CC2.Cl.Cl. The average Bonchev–Trinajstić information content (AvgIpc) is 3.06. The number of hydrogen-bond donors (Lipinski definition) is 1. The smallest absolute Gasteiger partial charge is 0.223 e. The summed E-state index contributed by atoms with van der Waals surface area (Å²) in [7, 11) is 3.30. The largest absolute Gasteiger partial charge is 0.493 e. The van der Waals surface area contributed by atoms with Gasteiger partial charge in [-0.2, -0.15) is 0 Å². The van der Waals surface area contributed by atoms with Gasteiger partial charge in [-0.15, -0.1) is 24.8 Å². The highest BCUT2D eigenvalue weighted by molar-refractivity contribution is 5.85. The second-order valence-electron chi connectivity index (χ2n) is 7.90. The number of hydrogen-bond acceptors (Lipinski definition) is 5. The zero-order valence-electron chi connectivity index (χ0n) is 16.8. The van der Waals surface area contributed by atoms with Gasteiger partial charge < -0.3 is 20.1 Å². The predicted molar refractivity (Wildman–Crippen MR) is 114 cm³/mol. The molecule has 2 saturated heterocycles. The number of likely N-dealkylation sites (tertiary alicyclic amines) is 1. The number of nitrogens with zero attached hydrogens (tertiary/aromatic N) is 2. The Labute approximate surface area is 183 Å². The maximum Gasteiger partial charge on any atom is 0.223 e. The number of methoxy groups -OCH3 is 2. The highest BCUT2D eigenvalue weighted by atomic mass is 35.5. The Bertz CT molecular complexity index is 739. The van der Waals surface area contributed by atoms with E-state index in [-0.39, 0.29) is 54.8 Å². The molecule has 4 rings (SSSR count). The van der Waals surface area contributed by atoms with Gasteiger partial charge in [-0.1, -0.05) is 0 Å². The lowest BCUT2D eigenvalue weighted by atomic mass is 9.83. The molecule has 0 bridgehead atoms. The van der Waals surface area contributed by atoms with E-state index < -0.39 is 6.67 Å². The lowest BCUT2D eigenvalue weighted by Gasteiger charge is -2.48. The first kappa shape index (κ1) is 24.0. The summed E-state index contributed by atoms with van der Waals surface area (Å²) < 4.78 is 24.0. The zero-order chi connectivity index (χ0) is 19.1. The van der Waals surface area contributed by atoms with Crippen LogP contribution in [0.2, 0.25) is 0 Å². The second kappa shape index (κ2) is 9.69. The normalized spacial score (nSPS) is 28.7. The third kappa shape index (κ3) is 4.29. The molecule has 0 radical (unpaired) electrons. The van der Waals surface area contributed by atoms with Crippen molar-refractivity contribution >= 4 is 30.7 Å². The van der Waals surface area contributed by atoms with Gasteiger partial charge in [0, 0.05) is 44.1 Å². The van der Waals surface area contributed by atoms with Crippen molar-refractivity contribution in [1.82, 2.24) is 9.80 Å². The standard InChI is InChI=1S/C20H28FN3O3.2ClH/c1-26-18-6-13-3-4-23-11-17(24-10-12(9-21)5-20(24)25)15(22)8-16(23)14(13)7-19(18)27-2;;/h6-7,12,15-17H,3-5,8-11,22H2,1-2H3;2*1H/t12-,15+,16+,17+;;/m1../s1. The fourth-order valence-electron chi connectivity index (χ4n) is 4.93. The van der Waals surface area contributed by atoms with Crippen LogP contribution in [0.5, 0.6) is 11.5 Å². The number of piperidine rings is 1.